The molecule has 2 bridgehead atoms. The lowest BCUT2D eigenvalue weighted by atomic mass is 9.96. The van der Waals surface area contributed by atoms with Gasteiger partial charge in [-0.15, -0.1) is 6.42 Å². The molecule has 0 aliphatic carbocycles. The summed E-state index contributed by atoms with van der Waals surface area (Å²) in [7, 11) is 0. The molecule has 80 heavy (non-hydrogen) atoms. The van der Waals surface area contributed by atoms with Crippen molar-refractivity contribution in [1.82, 2.24) is 41.1 Å². The van der Waals surface area contributed by atoms with Crippen LogP contribution >= 0.6 is 0 Å². The molecule has 11 rings (SSSR count). The fraction of sp³-hybridized carbons (Fsp3) is 0.443. The van der Waals surface area contributed by atoms with Crippen LogP contribution in [0.2, 0.25) is 0 Å². The molecule has 4 saturated heterocycles. The van der Waals surface area contributed by atoms with Crippen molar-refractivity contribution in [2.45, 2.75) is 133 Å². The van der Waals surface area contributed by atoms with Gasteiger partial charge < -0.3 is 30.7 Å². The molecule has 4 atom stereocenters. The number of piperidine rings is 1. The predicted octanol–water partition coefficient (Wildman–Crippen LogP) is 7.85. The normalized spacial score (nSPS) is 19.8. The van der Waals surface area contributed by atoms with Gasteiger partial charge in [0.1, 0.15) is 41.2 Å². The zero-order valence-corrected chi connectivity index (χ0v) is 44.8. The second-order valence-electron chi connectivity index (χ2n) is 21.9. The molecule has 5 aliphatic heterocycles. The number of hydrogen-bond donors (Lipinski definition) is 5. The summed E-state index contributed by atoms with van der Waals surface area (Å²) < 4.78 is 38.4. The van der Waals surface area contributed by atoms with Crippen LogP contribution in [0.4, 0.5) is 20.3 Å². The molecule has 4 fully saturated rings. The number of fused-ring (bicyclic) bond motifs is 4. The van der Waals surface area contributed by atoms with E-state index in [0.29, 0.717) is 73.4 Å². The molecular formula is C61H66F2N10O7. The Morgan fingerprint density at radius 2 is 1.59 bits per heavy atom. The van der Waals surface area contributed by atoms with Crippen molar-refractivity contribution in [1.29, 1.82) is 0 Å². The first kappa shape index (κ1) is 54.2. The first-order valence-corrected chi connectivity index (χ1v) is 28.3. The van der Waals surface area contributed by atoms with Gasteiger partial charge in [0.05, 0.1) is 16.6 Å². The highest BCUT2D eigenvalue weighted by molar-refractivity contribution is 6.27. The van der Waals surface area contributed by atoms with E-state index in [2.05, 4.69) is 47.0 Å². The zero-order valence-electron chi connectivity index (χ0n) is 44.8. The number of phenols is 1. The Morgan fingerprint density at radius 3 is 2.34 bits per heavy atom. The molecule has 0 radical (unpaired) electrons. The van der Waals surface area contributed by atoms with E-state index in [9.17, 15) is 29.1 Å². The largest absolute Gasteiger partial charge is 0.508 e. The van der Waals surface area contributed by atoms with Gasteiger partial charge in [-0.1, -0.05) is 68.7 Å². The number of ether oxygens (including phenoxy) is 1. The third-order valence-electron chi connectivity index (χ3n) is 16.6. The first-order chi connectivity index (χ1) is 38.9. The number of halogens is 2. The Hall–Kier alpha value is -7.82. The molecule has 17 nitrogen and oxygen atoms in total. The number of nitrogens with one attached hydrogen (secondary N) is 4. The van der Waals surface area contributed by atoms with Gasteiger partial charge in [0.2, 0.25) is 23.6 Å². The van der Waals surface area contributed by atoms with Crippen molar-refractivity contribution < 1.29 is 42.6 Å². The minimum Gasteiger partial charge on any atom is -0.508 e. The van der Waals surface area contributed by atoms with Crippen LogP contribution in [0, 0.1) is 24.0 Å². The summed E-state index contributed by atoms with van der Waals surface area (Å²) >= 11 is 0. The first-order valence-electron chi connectivity index (χ1n) is 28.3. The number of unbranched alkanes of at least 4 members (excludes halogenated alkanes) is 7. The van der Waals surface area contributed by atoms with Crippen LogP contribution in [0.3, 0.4) is 0 Å². The van der Waals surface area contributed by atoms with E-state index in [1.165, 1.54) is 35.4 Å². The number of carbonyl (C=O) groups is 5. The van der Waals surface area contributed by atoms with E-state index in [-0.39, 0.29) is 101 Å². The molecule has 5 amide bonds. The smallest absolute Gasteiger partial charge is 0.319 e. The number of aromatic hydroxyl groups is 1. The molecule has 1 unspecified atom stereocenters. The number of imide groups is 1. The van der Waals surface area contributed by atoms with Crippen molar-refractivity contribution in [3.8, 4) is 35.4 Å². The van der Waals surface area contributed by atoms with Gasteiger partial charge in [-0.2, -0.15) is 9.97 Å². The maximum absolute atomic E-state index is 17.1. The number of pyridine rings is 1. The van der Waals surface area contributed by atoms with Crippen LogP contribution in [0.15, 0.2) is 60.8 Å². The number of likely N-dealkylation sites (tertiary alicyclic amines) is 1. The number of carbonyl (C=O) groups excluding carboxylic acids is 5. The maximum atomic E-state index is 17.1. The lowest BCUT2D eigenvalue weighted by molar-refractivity contribution is -0.134. The molecule has 5 aliphatic rings. The van der Waals surface area contributed by atoms with Crippen LogP contribution < -0.4 is 35.8 Å². The summed E-state index contributed by atoms with van der Waals surface area (Å²) in [5.74, 6) is 0.278. The molecular weight excluding hydrogens is 1020 g/mol. The highest BCUT2D eigenvalue weighted by Crippen LogP contribution is 2.42. The summed E-state index contributed by atoms with van der Waals surface area (Å²) in [5, 5.41) is 25.5. The third kappa shape index (κ3) is 11.3. The molecule has 0 spiro atoms. The average molecular weight is 1090 g/mol. The molecule has 5 N–H and O–H groups in total. The Labute approximate surface area is 462 Å². The Balaban J connectivity index is 0.600. The lowest BCUT2D eigenvalue weighted by Crippen LogP contribution is -2.53. The number of terminal acetylenes is 1. The number of nitrogens with zero attached hydrogens (tertiary/aromatic N) is 6. The van der Waals surface area contributed by atoms with Gasteiger partial charge >= 0.3 is 6.01 Å². The lowest BCUT2D eigenvalue weighted by Gasteiger charge is -2.34. The van der Waals surface area contributed by atoms with Gasteiger partial charge in [0, 0.05) is 98.2 Å². The number of hydrogen-bond acceptors (Lipinski definition) is 13. The number of rotatable bonds is 22. The highest BCUT2D eigenvalue weighted by atomic mass is 19.1. The predicted molar refractivity (Wildman–Crippen MR) is 300 cm³/mol. The average Bonchev–Trinajstić information content (AvgIpc) is 4.33. The quantitative estimate of drug-likeness (QED) is 0.0250. The highest BCUT2D eigenvalue weighted by Gasteiger charge is 2.41. The zero-order chi connectivity index (χ0) is 55.4. The third-order valence-corrected chi connectivity index (χ3v) is 16.6. The summed E-state index contributed by atoms with van der Waals surface area (Å²) in [6, 6.07) is 14.5. The fourth-order valence-electron chi connectivity index (χ4n) is 12.6. The van der Waals surface area contributed by atoms with Gasteiger partial charge in [-0.3, -0.25) is 44.1 Å². The Morgan fingerprint density at radius 1 is 0.838 bits per heavy atom. The summed E-state index contributed by atoms with van der Waals surface area (Å²) in [6.07, 6.45) is 20.3. The molecule has 7 heterocycles. The summed E-state index contributed by atoms with van der Waals surface area (Å²) in [6.45, 7) is 3.94. The van der Waals surface area contributed by atoms with Crippen LogP contribution in [0.25, 0.3) is 43.7 Å². The maximum Gasteiger partial charge on any atom is 0.319 e. The van der Waals surface area contributed by atoms with Gasteiger partial charge in [0.15, 0.2) is 5.82 Å². The van der Waals surface area contributed by atoms with Gasteiger partial charge in [-0.05, 0) is 98.2 Å². The molecule has 6 aromatic rings. The van der Waals surface area contributed by atoms with Crippen molar-refractivity contribution >= 4 is 73.5 Å². The van der Waals surface area contributed by atoms with Crippen LogP contribution in [0.5, 0.6) is 11.8 Å². The van der Waals surface area contributed by atoms with E-state index in [1.54, 1.807) is 6.07 Å². The SMILES string of the molecule is C#Cc1c(F)ccc2cc(O)cc(-c3ncc4c(N5C[C@H]6CC[C@@H](C5)N6)nc(OC[C@@H]5CCCN5CCNC(=O)CCCCCCCCCCC(=O)NCc5ccc6c7c(cccc57)C(=O)N6C5CCC(=O)NC5=O)nc4c3F)c12. The number of benzene rings is 4. The van der Waals surface area contributed by atoms with Crippen molar-refractivity contribution in [2.75, 3.05) is 49.1 Å². The minimum atomic E-state index is -0.769. The Bertz CT molecular complexity index is 3450. The van der Waals surface area contributed by atoms with Crippen molar-refractivity contribution in [3.05, 3.63) is 89.1 Å². The van der Waals surface area contributed by atoms with Gasteiger partial charge in [-0.25, -0.2) is 8.78 Å². The molecule has 416 valence electrons. The number of phenolic OH excluding ortho intramolecular Hbond substituents is 1. The molecule has 4 aromatic carbocycles. The molecule has 2 aromatic heterocycles. The minimum absolute atomic E-state index is 0.00694. The molecule has 19 heteroatoms. The van der Waals surface area contributed by atoms with E-state index in [1.807, 2.05) is 24.3 Å². The fourth-order valence-corrected chi connectivity index (χ4v) is 12.6. The van der Waals surface area contributed by atoms with Gasteiger partial charge in [0.25, 0.3) is 5.91 Å². The van der Waals surface area contributed by atoms with E-state index >= 15 is 8.78 Å². The Kier molecular flexibility index (Phi) is 16.2. The molecule has 0 saturated carbocycles. The van der Waals surface area contributed by atoms with Crippen LogP contribution in [0.1, 0.15) is 124 Å². The summed E-state index contributed by atoms with van der Waals surface area (Å²) in [5.41, 5.74) is 1.97. The van der Waals surface area contributed by atoms with E-state index in [4.69, 9.17) is 16.1 Å². The second kappa shape index (κ2) is 23.9. The standard InChI is InChI=1S/C61H66F2N10O7/c1-2-42-47(62)22-18-36-29-41(74)30-45(53(36)42)56-55(63)57-46(32-66-56)58(72-33-38-20-21-39(34-72)67-38)70-61(69-57)80-35-40-13-12-27-71(40)28-26-64-50(75)16-9-7-5-3-4-6-8-10-17-51(76)65-31-37-19-23-48-54-43(37)14-11-15-44(54)60(79)73(48)49-24-25-52(77)68-59(49)78/h1,11,14-15,18-19,22-23,29-30,32,38-40,49,67,74H,3-10,12-13,16-17,20-21,24-28,31,33-35H2,(H,64,75)(H,65,76)(H,68,77,78)/t38-,39+,40-,49?/m0/s1. The number of amides is 5. The number of piperazine rings is 1. The second-order valence-corrected chi connectivity index (χ2v) is 21.9. The summed E-state index contributed by atoms with van der Waals surface area (Å²) in [4.78, 5) is 83.6. The number of anilines is 2. The topological polar surface area (TPSA) is 211 Å². The monoisotopic (exact) mass is 1090 g/mol. The van der Waals surface area contributed by atoms with Crippen molar-refractivity contribution in [2.24, 2.45) is 0 Å². The van der Waals surface area contributed by atoms with Crippen LogP contribution in [-0.2, 0) is 25.7 Å². The van der Waals surface area contributed by atoms with E-state index < -0.39 is 23.6 Å². The number of aromatic nitrogens is 3. The van der Waals surface area contributed by atoms with Crippen LogP contribution in [-0.4, -0.2) is 118 Å². The van der Waals surface area contributed by atoms with Crippen molar-refractivity contribution in [3.63, 3.8) is 0 Å². The van der Waals surface area contributed by atoms with E-state index in [0.717, 1.165) is 99.9 Å².